The van der Waals surface area contributed by atoms with Gasteiger partial charge in [-0.25, -0.2) is 4.98 Å². The van der Waals surface area contributed by atoms with Gasteiger partial charge < -0.3 is 14.9 Å². The van der Waals surface area contributed by atoms with Gasteiger partial charge in [-0.05, 0) is 44.0 Å². The number of hydrogen-bond donors (Lipinski definition) is 1. The van der Waals surface area contributed by atoms with Gasteiger partial charge >= 0.3 is 5.97 Å². The maximum absolute atomic E-state index is 12.7. The summed E-state index contributed by atoms with van der Waals surface area (Å²) in [6, 6.07) is 13.4. The third kappa shape index (κ3) is 3.54. The average Bonchev–Trinajstić information content (AvgIpc) is 2.67. The molecule has 1 unspecified atom stereocenters. The summed E-state index contributed by atoms with van der Waals surface area (Å²) in [5.41, 5.74) is 0.603. The van der Waals surface area contributed by atoms with E-state index in [1.54, 1.807) is 30.2 Å². The van der Waals surface area contributed by atoms with Gasteiger partial charge in [-0.15, -0.1) is 0 Å². The number of anilines is 2. The van der Waals surface area contributed by atoms with Crippen LogP contribution >= 0.6 is 0 Å². The number of carboxylic acid groups (broad SMARTS) is 1. The second kappa shape index (κ2) is 7.15. The lowest BCUT2D eigenvalue weighted by Gasteiger charge is -2.37. The standard InChI is InChI=1S/C20H23N3O3/c1-20(19(25)26)11-6-12-23(14-20)18(24)15-9-10-17(21-13-15)22(2)16-7-4-3-5-8-16/h3-5,7-10,13H,6,11-12,14H2,1-2H3,(H,25,26). The lowest BCUT2D eigenvalue weighted by Crippen LogP contribution is -2.48. The molecule has 1 aromatic heterocycles. The molecule has 1 fully saturated rings. The van der Waals surface area contributed by atoms with Crippen molar-refractivity contribution in [3.05, 3.63) is 54.2 Å². The summed E-state index contributed by atoms with van der Waals surface area (Å²) in [6.45, 7) is 2.51. The number of aliphatic carboxylic acids is 1. The minimum atomic E-state index is -0.880. The quantitative estimate of drug-likeness (QED) is 0.914. The van der Waals surface area contributed by atoms with E-state index in [0.29, 0.717) is 24.9 Å². The van der Waals surface area contributed by atoms with Crippen molar-refractivity contribution in [2.75, 3.05) is 25.0 Å². The molecule has 2 aromatic rings. The molecule has 1 N–H and O–H groups in total. The molecule has 1 atom stereocenters. The van der Waals surface area contributed by atoms with Gasteiger partial charge in [0, 0.05) is 32.0 Å². The topological polar surface area (TPSA) is 73.7 Å². The number of carbonyl (C=O) groups excluding carboxylic acids is 1. The highest BCUT2D eigenvalue weighted by molar-refractivity contribution is 5.94. The maximum atomic E-state index is 12.7. The molecule has 1 aromatic carbocycles. The number of likely N-dealkylation sites (tertiary alicyclic amines) is 1. The van der Waals surface area contributed by atoms with Crippen molar-refractivity contribution in [2.45, 2.75) is 19.8 Å². The molecule has 26 heavy (non-hydrogen) atoms. The third-order valence-corrected chi connectivity index (χ3v) is 4.98. The summed E-state index contributed by atoms with van der Waals surface area (Å²) in [5, 5.41) is 9.42. The first-order valence-electron chi connectivity index (χ1n) is 8.68. The Morgan fingerprint density at radius 3 is 2.54 bits per heavy atom. The van der Waals surface area contributed by atoms with Crippen LogP contribution in [0.4, 0.5) is 11.5 Å². The van der Waals surface area contributed by atoms with Gasteiger partial charge in [0.05, 0.1) is 11.0 Å². The van der Waals surface area contributed by atoms with E-state index in [2.05, 4.69) is 4.98 Å². The lowest BCUT2D eigenvalue weighted by atomic mass is 9.82. The minimum Gasteiger partial charge on any atom is -0.481 e. The van der Waals surface area contributed by atoms with Crippen molar-refractivity contribution >= 4 is 23.4 Å². The molecule has 6 heteroatoms. The fourth-order valence-corrected chi connectivity index (χ4v) is 3.26. The molecule has 0 radical (unpaired) electrons. The summed E-state index contributed by atoms with van der Waals surface area (Å²) in [7, 11) is 1.92. The van der Waals surface area contributed by atoms with Crippen LogP contribution in [0.15, 0.2) is 48.7 Å². The number of rotatable bonds is 4. The lowest BCUT2D eigenvalue weighted by molar-refractivity contribution is -0.150. The molecular weight excluding hydrogens is 330 g/mol. The molecule has 136 valence electrons. The second-order valence-corrected chi connectivity index (χ2v) is 7.00. The van der Waals surface area contributed by atoms with Gasteiger partial charge in [-0.2, -0.15) is 0 Å². The van der Waals surface area contributed by atoms with E-state index in [4.69, 9.17) is 0 Å². The predicted octanol–water partition coefficient (Wildman–Crippen LogP) is 3.18. The van der Waals surface area contributed by atoms with Crippen molar-refractivity contribution in [1.82, 2.24) is 9.88 Å². The first-order valence-corrected chi connectivity index (χ1v) is 8.68. The van der Waals surface area contributed by atoms with Crippen LogP contribution < -0.4 is 4.90 Å². The highest BCUT2D eigenvalue weighted by Gasteiger charge is 2.39. The van der Waals surface area contributed by atoms with Crippen molar-refractivity contribution < 1.29 is 14.7 Å². The van der Waals surface area contributed by atoms with Crippen LogP contribution in [0.3, 0.4) is 0 Å². The largest absolute Gasteiger partial charge is 0.481 e. The number of carboxylic acids is 1. The zero-order valence-electron chi connectivity index (χ0n) is 15.1. The SMILES string of the molecule is CN(c1ccccc1)c1ccc(C(=O)N2CCCC(C)(C(=O)O)C2)cn1. The van der Waals surface area contributed by atoms with Crippen molar-refractivity contribution in [3.8, 4) is 0 Å². The molecule has 0 aliphatic carbocycles. The number of amides is 1. The number of benzene rings is 1. The van der Waals surface area contributed by atoms with E-state index in [-0.39, 0.29) is 12.5 Å². The summed E-state index contributed by atoms with van der Waals surface area (Å²) in [5.74, 6) is -0.284. The van der Waals surface area contributed by atoms with E-state index in [1.165, 1.54) is 0 Å². The highest BCUT2D eigenvalue weighted by atomic mass is 16.4. The maximum Gasteiger partial charge on any atom is 0.311 e. The van der Waals surface area contributed by atoms with E-state index < -0.39 is 11.4 Å². The van der Waals surface area contributed by atoms with Crippen LogP contribution in [-0.4, -0.2) is 47.0 Å². The van der Waals surface area contributed by atoms with Gasteiger partial charge in [-0.1, -0.05) is 18.2 Å². The van der Waals surface area contributed by atoms with Gasteiger partial charge in [0.1, 0.15) is 5.82 Å². The zero-order chi connectivity index (χ0) is 18.7. The first kappa shape index (κ1) is 17.9. The van der Waals surface area contributed by atoms with Crippen molar-refractivity contribution in [2.24, 2.45) is 5.41 Å². The monoisotopic (exact) mass is 353 g/mol. The Kier molecular flexibility index (Phi) is 4.93. The molecule has 6 nitrogen and oxygen atoms in total. The Morgan fingerprint density at radius 1 is 1.19 bits per heavy atom. The molecule has 1 amide bonds. The molecule has 0 spiro atoms. The number of hydrogen-bond acceptors (Lipinski definition) is 4. The number of pyridine rings is 1. The Hall–Kier alpha value is -2.89. The van der Waals surface area contributed by atoms with E-state index in [9.17, 15) is 14.7 Å². The number of nitrogens with zero attached hydrogens (tertiary/aromatic N) is 3. The zero-order valence-corrected chi connectivity index (χ0v) is 15.1. The number of aromatic nitrogens is 1. The predicted molar refractivity (Wildman–Crippen MR) is 99.6 cm³/mol. The molecule has 1 aliphatic heterocycles. The summed E-state index contributed by atoms with van der Waals surface area (Å²) in [4.78, 5) is 32.2. The molecular formula is C20H23N3O3. The molecule has 0 bridgehead atoms. The normalized spacial score (nSPS) is 19.8. The van der Waals surface area contributed by atoms with Crippen LogP contribution in [0, 0.1) is 5.41 Å². The summed E-state index contributed by atoms with van der Waals surface area (Å²) in [6.07, 6.45) is 2.84. The number of piperidine rings is 1. The summed E-state index contributed by atoms with van der Waals surface area (Å²) < 4.78 is 0. The van der Waals surface area contributed by atoms with Gasteiger partial charge in [0.15, 0.2) is 0 Å². The Balaban J connectivity index is 1.74. The van der Waals surface area contributed by atoms with Crippen LogP contribution in [-0.2, 0) is 4.79 Å². The fourth-order valence-electron chi connectivity index (χ4n) is 3.26. The van der Waals surface area contributed by atoms with Crippen LogP contribution in [0.1, 0.15) is 30.1 Å². The molecule has 2 heterocycles. The highest BCUT2D eigenvalue weighted by Crippen LogP contribution is 2.30. The Bertz CT molecular complexity index is 792. The van der Waals surface area contributed by atoms with Gasteiger partial charge in [0.25, 0.3) is 5.91 Å². The first-order chi connectivity index (χ1) is 12.4. The van der Waals surface area contributed by atoms with Crippen LogP contribution in [0.2, 0.25) is 0 Å². The van der Waals surface area contributed by atoms with Crippen LogP contribution in [0.25, 0.3) is 0 Å². The average molecular weight is 353 g/mol. The van der Waals surface area contributed by atoms with E-state index in [1.807, 2.05) is 42.3 Å². The van der Waals surface area contributed by atoms with Crippen molar-refractivity contribution in [1.29, 1.82) is 0 Å². The summed E-state index contributed by atoms with van der Waals surface area (Å²) >= 11 is 0. The minimum absolute atomic E-state index is 0.168. The number of carbonyl (C=O) groups is 2. The molecule has 1 saturated heterocycles. The fraction of sp³-hybridized carbons (Fsp3) is 0.350. The van der Waals surface area contributed by atoms with E-state index >= 15 is 0 Å². The van der Waals surface area contributed by atoms with Crippen molar-refractivity contribution in [3.63, 3.8) is 0 Å². The Morgan fingerprint density at radius 2 is 1.92 bits per heavy atom. The second-order valence-electron chi connectivity index (χ2n) is 7.00. The Labute approximate surface area is 153 Å². The van der Waals surface area contributed by atoms with E-state index in [0.717, 1.165) is 11.5 Å². The number of para-hydroxylation sites is 1. The molecule has 0 saturated carbocycles. The molecule has 3 rings (SSSR count). The van der Waals surface area contributed by atoms with Gasteiger partial charge in [0.2, 0.25) is 0 Å². The van der Waals surface area contributed by atoms with Gasteiger partial charge in [-0.3, -0.25) is 9.59 Å². The van der Waals surface area contributed by atoms with Crippen LogP contribution in [0.5, 0.6) is 0 Å². The molecule has 1 aliphatic rings. The smallest absolute Gasteiger partial charge is 0.311 e. The third-order valence-electron chi connectivity index (χ3n) is 4.98.